The van der Waals surface area contributed by atoms with Gasteiger partial charge in [-0.1, -0.05) is 48.9 Å². The molecule has 1 unspecified atom stereocenters. The molecule has 124 valence electrons. The van der Waals surface area contributed by atoms with Crippen LogP contribution in [0.1, 0.15) is 37.0 Å². The van der Waals surface area contributed by atoms with Crippen LogP contribution in [0.15, 0.2) is 42.5 Å². The van der Waals surface area contributed by atoms with E-state index in [9.17, 15) is 0 Å². The SMILES string of the molecule is CCC(C)NCc1cccc(OC)c1OCc1ccc(C)cc1. The van der Waals surface area contributed by atoms with Crippen LogP contribution < -0.4 is 14.8 Å². The Balaban J connectivity index is 2.12. The average molecular weight is 313 g/mol. The van der Waals surface area contributed by atoms with Crippen LogP contribution in [0.3, 0.4) is 0 Å². The zero-order chi connectivity index (χ0) is 16.7. The van der Waals surface area contributed by atoms with E-state index in [2.05, 4.69) is 56.4 Å². The first-order chi connectivity index (χ1) is 11.1. The van der Waals surface area contributed by atoms with Gasteiger partial charge in [-0.25, -0.2) is 0 Å². The fourth-order valence-electron chi connectivity index (χ4n) is 2.29. The van der Waals surface area contributed by atoms with Gasteiger partial charge in [-0.2, -0.15) is 0 Å². The van der Waals surface area contributed by atoms with Gasteiger partial charge in [0.1, 0.15) is 6.61 Å². The second-order valence-electron chi connectivity index (χ2n) is 5.91. The minimum atomic E-state index is 0.478. The summed E-state index contributed by atoms with van der Waals surface area (Å²) in [4.78, 5) is 0. The van der Waals surface area contributed by atoms with Crippen molar-refractivity contribution in [1.29, 1.82) is 0 Å². The summed E-state index contributed by atoms with van der Waals surface area (Å²) in [6, 6.07) is 14.9. The lowest BCUT2D eigenvalue weighted by molar-refractivity contribution is 0.280. The molecule has 2 aromatic carbocycles. The van der Waals surface area contributed by atoms with Crippen LogP contribution in [0.5, 0.6) is 11.5 Å². The molecule has 0 aliphatic rings. The lowest BCUT2D eigenvalue weighted by Gasteiger charge is -2.17. The summed E-state index contributed by atoms with van der Waals surface area (Å²) < 4.78 is 11.6. The molecule has 0 heterocycles. The van der Waals surface area contributed by atoms with Gasteiger partial charge in [-0.15, -0.1) is 0 Å². The molecule has 0 aromatic heterocycles. The summed E-state index contributed by atoms with van der Waals surface area (Å²) in [6.45, 7) is 7.76. The molecule has 2 rings (SSSR count). The Morgan fingerprint density at radius 3 is 2.48 bits per heavy atom. The van der Waals surface area contributed by atoms with E-state index in [1.165, 1.54) is 5.56 Å². The number of benzene rings is 2. The van der Waals surface area contributed by atoms with Gasteiger partial charge in [0.25, 0.3) is 0 Å². The number of hydrogen-bond donors (Lipinski definition) is 1. The minimum absolute atomic E-state index is 0.478. The van der Waals surface area contributed by atoms with Crippen LogP contribution in [0.2, 0.25) is 0 Å². The molecule has 0 spiro atoms. The number of methoxy groups -OCH3 is 1. The van der Waals surface area contributed by atoms with Crippen molar-refractivity contribution >= 4 is 0 Å². The molecular formula is C20H27NO2. The van der Waals surface area contributed by atoms with E-state index in [0.717, 1.165) is 35.6 Å². The molecule has 0 saturated heterocycles. The van der Waals surface area contributed by atoms with E-state index < -0.39 is 0 Å². The highest BCUT2D eigenvalue weighted by Gasteiger charge is 2.11. The Morgan fingerprint density at radius 2 is 1.83 bits per heavy atom. The summed E-state index contributed by atoms with van der Waals surface area (Å²) in [5, 5.41) is 3.51. The predicted octanol–water partition coefficient (Wildman–Crippen LogP) is 4.47. The zero-order valence-electron chi connectivity index (χ0n) is 14.6. The molecule has 1 N–H and O–H groups in total. The van der Waals surface area contributed by atoms with Gasteiger partial charge < -0.3 is 14.8 Å². The Bertz CT molecular complexity index is 608. The highest BCUT2D eigenvalue weighted by Crippen LogP contribution is 2.32. The van der Waals surface area contributed by atoms with Crippen LogP contribution in [-0.2, 0) is 13.2 Å². The van der Waals surface area contributed by atoms with Gasteiger partial charge in [0.15, 0.2) is 11.5 Å². The molecule has 0 aliphatic carbocycles. The van der Waals surface area contributed by atoms with Gasteiger partial charge in [-0.05, 0) is 31.9 Å². The molecule has 0 fully saturated rings. The second-order valence-corrected chi connectivity index (χ2v) is 5.91. The van der Waals surface area contributed by atoms with Crippen molar-refractivity contribution in [1.82, 2.24) is 5.32 Å². The molecule has 2 aromatic rings. The Hall–Kier alpha value is -2.00. The van der Waals surface area contributed by atoms with Crippen molar-refractivity contribution in [2.75, 3.05) is 7.11 Å². The first-order valence-electron chi connectivity index (χ1n) is 8.21. The van der Waals surface area contributed by atoms with E-state index in [-0.39, 0.29) is 0 Å². The molecular weight excluding hydrogens is 286 g/mol. The number of hydrogen-bond acceptors (Lipinski definition) is 3. The van der Waals surface area contributed by atoms with Crippen LogP contribution in [0.4, 0.5) is 0 Å². The van der Waals surface area contributed by atoms with Crippen LogP contribution in [0.25, 0.3) is 0 Å². The highest BCUT2D eigenvalue weighted by atomic mass is 16.5. The first-order valence-corrected chi connectivity index (χ1v) is 8.21. The molecule has 3 nitrogen and oxygen atoms in total. The molecule has 0 radical (unpaired) electrons. The second kappa shape index (κ2) is 8.59. The van der Waals surface area contributed by atoms with Gasteiger partial charge in [0.2, 0.25) is 0 Å². The highest BCUT2D eigenvalue weighted by molar-refractivity contribution is 5.46. The number of ether oxygens (including phenoxy) is 2. The van der Waals surface area contributed by atoms with E-state index >= 15 is 0 Å². The lowest BCUT2D eigenvalue weighted by atomic mass is 10.1. The topological polar surface area (TPSA) is 30.5 Å². The predicted molar refractivity (Wildman–Crippen MR) is 95.1 cm³/mol. The number of nitrogens with one attached hydrogen (secondary N) is 1. The maximum atomic E-state index is 6.09. The third-order valence-corrected chi connectivity index (χ3v) is 4.04. The normalized spacial score (nSPS) is 12.0. The summed E-state index contributed by atoms with van der Waals surface area (Å²) in [5.74, 6) is 1.60. The van der Waals surface area contributed by atoms with Crippen LogP contribution >= 0.6 is 0 Å². The quantitative estimate of drug-likeness (QED) is 0.780. The summed E-state index contributed by atoms with van der Waals surface area (Å²) >= 11 is 0. The molecule has 23 heavy (non-hydrogen) atoms. The van der Waals surface area contributed by atoms with Crippen molar-refractivity contribution < 1.29 is 9.47 Å². The van der Waals surface area contributed by atoms with E-state index in [1.54, 1.807) is 7.11 Å². The zero-order valence-corrected chi connectivity index (χ0v) is 14.6. The van der Waals surface area contributed by atoms with E-state index in [4.69, 9.17) is 9.47 Å². The Labute approximate surface area is 139 Å². The standard InChI is InChI=1S/C20H27NO2/c1-5-16(3)21-13-18-7-6-8-19(22-4)20(18)23-14-17-11-9-15(2)10-12-17/h6-12,16,21H,5,13-14H2,1-4H3. The molecule has 1 atom stereocenters. The maximum Gasteiger partial charge on any atom is 0.166 e. The van der Waals surface area contributed by atoms with Gasteiger partial charge in [0.05, 0.1) is 7.11 Å². The molecule has 0 saturated carbocycles. The van der Waals surface area contributed by atoms with Crippen LogP contribution in [-0.4, -0.2) is 13.2 Å². The van der Waals surface area contributed by atoms with Crippen LogP contribution in [0, 0.1) is 6.92 Å². The Kier molecular flexibility index (Phi) is 6.48. The monoisotopic (exact) mass is 313 g/mol. The number of rotatable bonds is 8. The molecule has 0 amide bonds. The fraction of sp³-hybridized carbons (Fsp3) is 0.400. The summed E-state index contributed by atoms with van der Waals surface area (Å²) in [7, 11) is 1.68. The van der Waals surface area contributed by atoms with Gasteiger partial charge in [0, 0.05) is 18.2 Å². The van der Waals surface area contributed by atoms with Gasteiger partial charge in [-0.3, -0.25) is 0 Å². The fourth-order valence-corrected chi connectivity index (χ4v) is 2.29. The largest absolute Gasteiger partial charge is 0.493 e. The van der Waals surface area contributed by atoms with Crippen molar-refractivity contribution in [3.05, 3.63) is 59.2 Å². The first kappa shape index (κ1) is 17.4. The summed E-state index contributed by atoms with van der Waals surface area (Å²) in [6.07, 6.45) is 1.10. The molecule has 0 aliphatic heterocycles. The third kappa shape index (κ3) is 5.00. The van der Waals surface area contributed by atoms with Crippen molar-refractivity contribution in [2.45, 2.75) is 46.4 Å². The third-order valence-electron chi connectivity index (χ3n) is 4.04. The molecule has 0 bridgehead atoms. The van der Waals surface area contributed by atoms with Gasteiger partial charge >= 0.3 is 0 Å². The van der Waals surface area contributed by atoms with Crippen molar-refractivity contribution in [3.8, 4) is 11.5 Å². The lowest BCUT2D eigenvalue weighted by Crippen LogP contribution is -2.24. The smallest absolute Gasteiger partial charge is 0.166 e. The summed E-state index contributed by atoms with van der Waals surface area (Å²) in [5.41, 5.74) is 3.53. The van der Waals surface area contributed by atoms with E-state index in [0.29, 0.717) is 12.6 Å². The maximum absolute atomic E-state index is 6.09. The van der Waals surface area contributed by atoms with E-state index in [1.807, 2.05) is 12.1 Å². The van der Waals surface area contributed by atoms with Crippen molar-refractivity contribution in [3.63, 3.8) is 0 Å². The number of aryl methyl sites for hydroxylation is 1. The van der Waals surface area contributed by atoms with Crippen molar-refractivity contribution in [2.24, 2.45) is 0 Å². The Morgan fingerprint density at radius 1 is 1.09 bits per heavy atom. The minimum Gasteiger partial charge on any atom is -0.493 e. The molecule has 3 heteroatoms. The number of para-hydroxylation sites is 1. The average Bonchev–Trinajstić information content (AvgIpc) is 2.59.